The highest BCUT2D eigenvalue weighted by Gasteiger charge is 2.41. The van der Waals surface area contributed by atoms with Gasteiger partial charge in [0.25, 0.3) is 0 Å². The van der Waals surface area contributed by atoms with Crippen molar-refractivity contribution in [2.75, 3.05) is 17.7 Å². The SMILES string of the molecule is CS(=O)(=O)N1CC[C@H](N(Cc2cccc(F)c2F)c2ccc(C#N)c(Cl)c2)C1I. The molecule has 1 unspecified atom stereocenters. The zero-order valence-corrected chi connectivity index (χ0v) is 19.0. The topological polar surface area (TPSA) is 64.4 Å². The Labute approximate surface area is 187 Å². The van der Waals surface area contributed by atoms with E-state index >= 15 is 0 Å². The Balaban J connectivity index is 2.04. The van der Waals surface area contributed by atoms with Crippen molar-refractivity contribution in [2.24, 2.45) is 0 Å². The molecule has 0 amide bonds. The molecule has 2 atom stereocenters. The molecule has 1 fully saturated rings. The van der Waals surface area contributed by atoms with Crippen LogP contribution in [-0.4, -0.2) is 35.6 Å². The minimum absolute atomic E-state index is 0.0214. The molecular weight excluding hydrogens is 535 g/mol. The molecule has 0 spiro atoms. The Hall–Kier alpha value is -1.48. The summed E-state index contributed by atoms with van der Waals surface area (Å²) >= 11 is 8.24. The van der Waals surface area contributed by atoms with E-state index in [-0.39, 0.29) is 23.2 Å². The molecule has 0 bridgehead atoms. The highest BCUT2D eigenvalue weighted by molar-refractivity contribution is 14.1. The van der Waals surface area contributed by atoms with Crippen molar-refractivity contribution in [3.05, 3.63) is 64.2 Å². The van der Waals surface area contributed by atoms with E-state index in [9.17, 15) is 17.2 Å². The quantitative estimate of drug-likeness (QED) is 0.316. The molecule has 29 heavy (non-hydrogen) atoms. The molecule has 5 nitrogen and oxygen atoms in total. The largest absolute Gasteiger partial charge is 0.362 e. The van der Waals surface area contributed by atoms with Gasteiger partial charge in [0.2, 0.25) is 10.0 Å². The lowest BCUT2D eigenvalue weighted by Gasteiger charge is -2.34. The molecule has 0 radical (unpaired) electrons. The van der Waals surface area contributed by atoms with Crippen LogP contribution in [0.3, 0.4) is 0 Å². The van der Waals surface area contributed by atoms with E-state index in [1.807, 2.05) is 11.0 Å². The summed E-state index contributed by atoms with van der Waals surface area (Å²) in [6, 6.07) is 10.5. The number of hydrogen-bond donors (Lipinski definition) is 0. The van der Waals surface area contributed by atoms with Crippen molar-refractivity contribution in [1.82, 2.24) is 4.31 Å². The van der Waals surface area contributed by atoms with Gasteiger partial charge in [-0.25, -0.2) is 17.2 Å². The lowest BCUT2D eigenvalue weighted by molar-refractivity contribution is 0.458. The monoisotopic (exact) mass is 551 g/mol. The van der Waals surface area contributed by atoms with Crippen LogP contribution in [0.1, 0.15) is 17.5 Å². The third kappa shape index (κ3) is 4.66. The smallest absolute Gasteiger partial charge is 0.212 e. The van der Waals surface area contributed by atoms with E-state index in [4.69, 9.17) is 16.9 Å². The molecule has 3 rings (SSSR count). The van der Waals surface area contributed by atoms with Gasteiger partial charge in [-0.2, -0.15) is 9.57 Å². The lowest BCUT2D eigenvalue weighted by Crippen LogP contribution is -2.43. The summed E-state index contributed by atoms with van der Waals surface area (Å²) in [6.45, 7) is 0.344. The summed E-state index contributed by atoms with van der Waals surface area (Å²) in [5.41, 5.74) is 1.04. The van der Waals surface area contributed by atoms with Gasteiger partial charge in [-0.3, -0.25) is 0 Å². The Morgan fingerprint density at radius 2 is 2.07 bits per heavy atom. The van der Waals surface area contributed by atoms with Crippen LogP contribution in [0.15, 0.2) is 36.4 Å². The Kier molecular flexibility index (Phi) is 6.67. The number of hydrogen-bond acceptors (Lipinski definition) is 4. The molecule has 0 N–H and O–H groups in total. The molecule has 1 aliphatic rings. The summed E-state index contributed by atoms with van der Waals surface area (Å²) < 4.78 is 53.2. The maximum Gasteiger partial charge on any atom is 0.212 e. The highest BCUT2D eigenvalue weighted by Crippen LogP contribution is 2.35. The summed E-state index contributed by atoms with van der Waals surface area (Å²) in [5, 5.41) is 9.35. The number of alkyl halides is 1. The lowest BCUT2D eigenvalue weighted by atomic mass is 10.1. The fourth-order valence-corrected chi connectivity index (χ4v) is 6.82. The van der Waals surface area contributed by atoms with E-state index in [1.165, 1.54) is 16.4 Å². The zero-order chi connectivity index (χ0) is 21.3. The number of benzene rings is 2. The van der Waals surface area contributed by atoms with E-state index in [0.29, 0.717) is 24.2 Å². The second-order valence-corrected chi connectivity index (χ2v) is 10.3. The van der Waals surface area contributed by atoms with Crippen molar-refractivity contribution in [3.8, 4) is 6.07 Å². The van der Waals surface area contributed by atoms with Gasteiger partial charge in [0.1, 0.15) is 6.07 Å². The average Bonchev–Trinajstić information content (AvgIpc) is 3.04. The second kappa shape index (κ2) is 8.71. The molecule has 10 heteroatoms. The average molecular weight is 552 g/mol. The minimum atomic E-state index is -3.41. The molecular formula is C19H17ClF2IN3O2S. The van der Waals surface area contributed by atoms with Crippen LogP contribution >= 0.6 is 34.2 Å². The van der Waals surface area contributed by atoms with Gasteiger partial charge in [-0.05, 0) is 30.7 Å². The first kappa shape index (κ1) is 22.2. The molecule has 154 valence electrons. The van der Waals surface area contributed by atoms with E-state index in [0.717, 1.165) is 12.3 Å². The first-order chi connectivity index (χ1) is 13.6. The van der Waals surface area contributed by atoms with Gasteiger partial charge in [0.05, 0.1) is 26.9 Å². The number of rotatable bonds is 5. The third-order valence-electron chi connectivity index (χ3n) is 4.84. The van der Waals surface area contributed by atoms with Crippen LogP contribution < -0.4 is 4.90 Å². The summed E-state index contributed by atoms with van der Waals surface area (Å²) in [4.78, 5) is 1.81. The normalized spacial score (nSPS) is 19.9. The molecule has 0 aromatic heterocycles. The van der Waals surface area contributed by atoms with Gasteiger partial charge < -0.3 is 4.90 Å². The molecule has 1 aliphatic heterocycles. The molecule has 1 saturated heterocycles. The minimum Gasteiger partial charge on any atom is -0.362 e. The van der Waals surface area contributed by atoms with Crippen molar-refractivity contribution in [1.29, 1.82) is 5.26 Å². The molecule has 2 aromatic rings. The molecule has 2 aromatic carbocycles. The Bertz CT molecular complexity index is 1080. The van der Waals surface area contributed by atoms with Gasteiger partial charge >= 0.3 is 0 Å². The predicted molar refractivity (Wildman–Crippen MR) is 116 cm³/mol. The maximum absolute atomic E-state index is 14.3. The summed E-state index contributed by atoms with van der Waals surface area (Å²) in [6.07, 6.45) is 1.66. The Morgan fingerprint density at radius 1 is 1.34 bits per heavy atom. The summed E-state index contributed by atoms with van der Waals surface area (Å²) in [7, 11) is -3.41. The number of nitriles is 1. The van der Waals surface area contributed by atoms with E-state index in [1.54, 1.807) is 18.2 Å². The standard InChI is InChI=1S/C19H17ClF2IN3O2S/c1-29(27,28)26-8-7-17(19(26)23)25(11-13-3-2-4-16(21)18(13)22)14-6-5-12(10-24)15(20)9-14/h2-6,9,17,19H,7-8,11H2,1H3/t17-,19?/m0/s1. The van der Waals surface area contributed by atoms with Crippen LogP contribution in [0, 0.1) is 23.0 Å². The number of nitrogens with zero attached hydrogens (tertiary/aromatic N) is 3. The van der Waals surface area contributed by atoms with E-state index in [2.05, 4.69) is 22.6 Å². The van der Waals surface area contributed by atoms with Gasteiger partial charge in [-0.15, -0.1) is 0 Å². The molecule has 0 saturated carbocycles. The zero-order valence-electron chi connectivity index (χ0n) is 15.3. The van der Waals surface area contributed by atoms with Crippen molar-refractivity contribution >= 4 is 49.9 Å². The first-order valence-corrected chi connectivity index (χ1v) is 12.1. The summed E-state index contributed by atoms with van der Waals surface area (Å²) in [5.74, 6) is -1.89. The van der Waals surface area contributed by atoms with Crippen molar-refractivity contribution in [3.63, 3.8) is 0 Å². The fraction of sp³-hybridized carbons (Fsp3) is 0.316. The molecule has 1 heterocycles. The van der Waals surface area contributed by atoms with Crippen LogP contribution in [0.4, 0.5) is 14.5 Å². The van der Waals surface area contributed by atoms with Crippen LogP contribution in [0.2, 0.25) is 5.02 Å². The second-order valence-electron chi connectivity index (χ2n) is 6.72. The van der Waals surface area contributed by atoms with Crippen molar-refractivity contribution < 1.29 is 17.2 Å². The number of halogens is 4. The van der Waals surface area contributed by atoms with Gasteiger partial charge in [0, 0.05) is 24.3 Å². The third-order valence-corrected chi connectivity index (χ3v) is 8.30. The first-order valence-electron chi connectivity index (χ1n) is 8.63. The Morgan fingerprint density at radius 3 is 2.66 bits per heavy atom. The number of sulfonamides is 1. The van der Waals surface area contributed by atoms with Gasteiger partial charge in [0.15, 0.2) is 11.6 Å². The maximum atomic E-state index is 14.3. The fourth-order valence-electron chi connectivity index (χ4n) is 3.39. The highest BCUT2D eigenvalue weighted by atomic mass is 127. The number of anilines is 1. The molecule has 0 aliphatic carbocycles. The van der Waals surface area contributed by atoms with Crippen molar-refractivity contribution in [2.45, 2.75) is 23.1 Å². The van der Waals surface area contributed by atoms with Crippen LogP contribution in [0.25, 0.3) is 0 Å². The predicted octanol–water partition coefficient (Wildman–Crippen LogP) is 4.29. The van der Waals surface area contributed by atoms with Gasteiger partial charge in [-0.1, -0.05) is 46.3 Å². The van der Waals surface area contributed by atoms with E-state index < -0.39 is 25.7 Å². The van der Waals surface area contributed by atoms with Crippen LogP contribution in [-0.2, 0) is 16.6 Å². The van der Waals surface area contributed by atoms with Crippen LogP contribution in [0.5, 0.6) is 0 Å².